The lowest BCUT2D eigenvalue weighted by atomic mass is 9.78. The van der Waals surface area contributed by atoms with Crippen molar-refractivity contribution < 1.29 is 19.3 Å². The van der Waals surface area contributed by atoms with E-state index in [1.54, 1.807) is 0 Å². The summed E-state index contributed by atoms with van der Waals surface area (Å²) in [4.78, 5) is 2.21. The van der Waals surface area contributed by atoms with Gasteiger partial charge in [-0.3, -0.25) is 4.90 Å². The van der Waals surface area contributed by atoms with E-state index in [1.807, 2.05) is 18.2 Å². The van der Waals surface area contributed by atoms with Gasteiger partial charge < -0.3 is 19.3 Å². The van der Waals surface area contributed by atoms with Crippen LogP contribution in [0.5, 0.6) is 11.5 Å². The molecular formula is C26H35ClINO4. The highest BCUT2D eigenvalue weighted by Gasteiger charge is 2.24. The van der Waals surface area contributed by atoms with Crippen LogP contribution in [0.15, 0.2) is 42.5 Å². The number of β-amino-alcohol motifs (C(OH)–C–C–N with tert-alkyl or cyclic N) is 1. The highest BCUT2D eigenvalue weighted by Crippen LogP contribution is 2.35. The number of rotatable bonds is 11. The molecule has 1 aliphatic heterocycles. The summed E-state index contributed by atoms with van der Waals surface area (Å²) in [6, 6.07) is 14.5. The average Bonchev–Trinajstić information content (AvgIpc) is 2.82. The second-order valence-electron chi connectivity index (χ2n) is 9.24. The Morgan fingerprint density at radius 3 is 2.36 bits per heavy atom. The minimum Gasteiger partial charge on any atom is -0.492 e. The first-order chi connectivity index (χ1) is 15.8. The number of aliphatic hydroxyl groups excluding tert-OH is 1. The summed E-state index contributed by atoms with van der Waals surface area (Å²) >= 11 is 8.22. The molecule has 0 bridgehead atoms. The fourth-order valence-corrected chi connectivity index (χ4v) is 4.50. The molecule has 3 rings (SSSR count). The Kier molecular flexibility index (Phi) is 10.1. The monoisotopic (exact) mass is 587 g/mol. The van der Waals surface area contributed by atoms with Gasteiger partial charge in [0.15, 0.2) is 0 Å². The van der Waals surface area contributed by atoms with Crippen LogP contribution in [0.25, 0.3) is 0 Å². The third-order valence-corrected chi connectivity index (χ3v) is 7.40. The largest absolute Gasteiger partial charge is 0.492 e. The van der Waals surface area contributed by atoms with Crippen molar-refractivity contribution in [2.75, 3.05) is 51.9 Å². The van der Waals surface area contributed by atoms with Gasteiger partial charge in [0.05, 0.1) is 23.4 Å². The van der Waals surface area contributed by atoms with E-state index < -0.39 is 6.10 Å². The molecule has 0 aromatic heterocycles. The molecule has 0 aliphatic carbocycles. The summed E-state index contributed by atoms with van der Waals surface area (Å²) in [5.41, 5.74) is 2.25. The number of hydrogen-bond acceptors (Lipinski definition) is 5. The lowest BCUT2D eigenvalue weighted by Crippen LogP contribution is -2.42. The maximum absolute atomic E-state index is 10.3. The number of aliphatic hydroxyl groups is 1. The zero-order valence-corrected chi connectivity index (χ0v) is 22.6. The van der Waals surface area contributed by atoms with Crippen LogP contribution in [0.3, 0.4) is 0 Å². The summed E-state index contributed by atoms with van der Waals surface area (Å²) in [6.45, 7) is 11.2. The molecule has 0 saturated carbocycles. The Hall–Kier alpha value is -1.06. The normalized spacial score (nSPS) is 16.9. The highest BCUT2D eigenvalue weighted by molar-refractivity contribution is 14.1. The average molecular weight is 588 g/mol. The molecular weight excluding hydrogens is 553 g/mol. The third kappa shape index (κ3) is 7.72. The van der Waals surface area contributed by atoms with Crippen molar-refractivity contribution >= 4 is 34.2 Å². The van der Waals surface area contributed by atoms with Crippen LogP contribution < -0.4 is 9.47 Å². The molecule has 5 nitrogen and oxygen atoms in total. The summed E-state index contributed by atoms with van der Waals surface area (Å²) in [5.74, 6) is 2.57. The van der Waals surface area contributed by atoms with Crippen molar-refractivity contribution in [3.05, 3.63) is 57.2 Å². The Labute approximate surface area is 216 Å². The van der Waals surface area contributed by atoms with Crippen LogP contribution in [0.4, 0.5) is 0 Å². The topological polar surface area (TPSA) is 51.2 Å². The first-order valence-electron chi connectivity index (χ1n) is 11.5. The first kappa shape index (κ1) is 26.5. The van der Waals surface area contributed by atoms with E-state index in [2.05, 4.69) is 72.5 Å². The van der Waals surface area contributed by atoms with E-state index in [1.165, 1.54) is 11.1 Å². The molecule has 1 heterocycles. The summed E-state index contributed by atoms with van der Waals surface area (Å²) in [7, 11) is 0. The first-order valence-corrected chi connectivity index (χ1v) is 13.1. The van der Waals surface area contributed by atoms with Crippen LogP contribution in [0, 0.1) is 9.49 Å². The summed E-state index contributed by atoms with van der Waals surface area (Å²) in [5, 5.41) is 10.3. The number of halogens is 2. The van der Waals surface area contributed by atoms with Crippen LogP contribution in [-0.2, 0) is 10.2 Å². The maximum atomic E-state index is 10.3. The van der Waals surface area contributed by atoms with E-state index in [4.69, 9.17) is 25.8 Å². The van der Waals surface area contributed by atoms with Crippen LogP contribution in [0.2, 0.25) is 0 Å². The molecule has 182 valence electrons. The molecule has 1 aliphatic rings. The highest BCUT2D eigenvalue weighted by atomic mass is 127. The minimum atomic E-state index is -0.519. The second kappa shape index (κ2) is 12.6. The SMILES string of the molecule is C[C@@H](CCl)COc1ccc(C(C)(C)c2ccc(OC[C@H](O)CN3CCOCC3)cc2)cc1I. The van der Waals surface area contributed by atoms with E-state index >= 15 is 0 Å². The summed E-state index contributed by atoms with van der Waals surface area (Å²) in [6.07, 6.45) is -0.519. The molecule has 1 fully saturated rings. The van der Waals surface area contributed by atoms with Crippen LogP contribution >= 0.6 is 34.2 Å². The van der Waals surface area contributed by atoms with Gasteiger partial charge in [-0.05, 0) is 58.0 Å². The Bertz CT molecular complexity index is 871. The maximum Gasteiger partial charge on any atom is 0.132 e. The molecule has 0 radical (unpaired) electrons. The van der Waals surface area contributed by atoms with Crippen molar-refractivity contribution in [1.82, 2.24) is 4.90 Å². The molecule has 0 spiro atoms. The van der Waals surface area contributed by atoms with E-state index in [0.29, 0.717) is 24.9 Å². The molecule has 33 heavy (non-hydrogen) atoms. The van der Waals surface area contributed by atoms with Gasteiger partial charge in [0.2, 0.25) is 0 Å². The molecule has 7 heteroatoms. The number of benzene rings is 2. The van der Waals surface area contributed by atoms with E-state index in [-0.39, 0.29) is 12.0 Å². The van der Waals surface area contributed by atoms with Crippen molar-refractivity contribution in [3.8, 4) is 11.5 Å². The standard InChI is InChI=1S/C26H35ClINO4/c1-19(15-27)17-33-25-9-6-21(14-24(25)28)26(2,3)20-4-7-23(8-5-20)32-18-22(30)16-29-10-12-31-13-11-29/h4-9,14,19,22,30H,10-13,15-18H2,1-3H3/t19-,22+/m0/s1. The Balaban J connectivity index is 1.57. The van der Waals surface area contributed by atoms with Crippen LogP contribution in [-0.4, -0.2) is 68.1 Å². The van der Waals surface area contributed by atoms with Gasteiger partial charge >= 0.3 is 0 Å². The van der Waals surface area contributed by atoms with Crippen molar-refractivity contribution in [2.24, 2.45) is 5.92 Å². The van der Waals surface area contributed by atoms with Crippen molar-refractivity contribution in [1.29, 1.82) is 0 Å². The number of ether oxygens (including phenoxy) is 3. The quantitative estimate of drug-likeness (QED) is 0.298. The van der Waals surface area contributed by atoms with Gasteiger partial charge in [0.1, 0.15) is 24.2 Å². The van der Waals surface area contributed by atoms with Gasteiger partial charge in [0, 0.05) is 36.8 Å². The molecule has 0 amide bonds. The molecule has 2 aromatic rings. The number of morpholine rings is 1. The number of alkyl halides is 1. The van der Waals surface area contributed by atoms with Gasteiger partial charge in [-0.15, -0.1) is 11.6 Å². The van der Waals surface area contributed by atoms with Gasteiger partial charge in [-0.1, -0.05) is 39.0 Å². The van der Waals surface area contributed by atoms with Crippen molar-refractivity contribution in [3.63, 3.8) is 0 Å². The molecule has 1 N–H and O–H groups in total. The smallest absolute Gasteiger partial charge is 0.132 e. The molecule has 2 atom stereocenters. The predicted octanol–water partition coefficient (Wildman–Crippen LogP) is 4.94. The third-order valence-electron chi connectivity index (χ3n) is 6.03. The number of nitrogens with zero attached hydrogens (tertiary/aromatic N) is 1. The lowest BCUT2D eigenvalue weighted by Gasteiger charge is -2.28. The van der Waals surface area contributed by atoms with E-state index in [0.717, 1.165) is 41.4 Å². The zero-order valence-electron chi connectivity index (χ0n) is 19.7. The van der Waals surface area contributed by atoms with Gasteiger partial charge in [-0.25, -0.2) is 0 Å². The zero-order chi connectivity index (χ0) is 23.8. The molecule has 2 aromatic carbocycles. The Morgan fingerprint density at radius 2 is 1.73 bits per heavy atom. The predicted molar refractivity (Wildman–Crippen MR) is 142 cm³/mol. The van der Waals surface area contributed by atoms with Gasteiger partial charge in [0.25, 0.3) is 0 Å². The van der Waals surface area contributed by atoms with Gasteiger partial charge in [-0.2, -0.15) is 0 Å². The Morgan fingerprint density at radius 1 is 1.06 bits per heavy atom. The molecule has 1 saturated heterocycles. The fraction of sp³-hybridized carbons (Fsp3) is 0.538. The fourth-order valence-electron chi connectivity index (χ4n) is 3.74. The van der Waals surface area contributed by atoms with E-state index in [9.17, 15) is 5.11 Å². The summed E-state index contributed by atoms with van der Waals surface area (Å²) < 4.78 is 18.2. The van der Waals surface area contributed by atoms with Crippen molar-refractivity contribution in [2.45, 2.75) is 32.3 Å². The van der Waals surface area contributed by atoms with Crippen LogP contribution in [0.1, 0.15) is 31.9 Å². The lowest BCUT2D eigenvalue weighted by molar-refractivity contribution is 0.00465. The second-order valence-corrected chi connectivity index (χ2v) is 10.7. The molecule has 0 unspecified atom stereocenters. The minimum absolute atomic E-state index is 0.170. The number of hydrogen-bond donors (Lipinski definition) is 1.